The predicted octanol–water partition coefficient (Wildman–Crippen LogP) is 0.925. The molecule has 2 heterocycles. The van der Waals surface area contributed by atoms with Crippen LogP contribution in [0.3, 0.4) is 0 Å². The molecule has 2 unspecified atom stereocenters. The summed E-state index contributed by atoms with van der Waals surface area (Å²) in [5, 5.41) is 3.29. The van der Waals surface area contributed by atoms with Crippen molar-refractivity contribution in [1.82, 2.24) is 15.0 Å². The van der Waals surface area contributed by atoms with Crippen LogP contribution in [0.15, 0.2) is 0 Å². The summed E-state index contributed by atoms with van der Waals surface area (Å²) in [5.74, 6) is 6.12. The molecule has 0 radical (unpaired) electrons. The molecule has 0 spiro atoms. The van der Waals surface area contributed by atoms with Crippen molar-refractivity contribution in [2.75, 3.05) is 24.0 Å². The summed E-state index contributed by atoms with van der Waals surface area (Å²) in [7, 11) is 0. The quantitative estimate of drug-likeness (QED) is 0.522. The first kappa shape index (κ1) is 14.7. The van der Waals surface area contributed by atoms with Gasteiger partial charge in [-0.3, -0.25) is 5.43 Å². The number of nitrogens with zero attached hydrogens (tertiary/aromatic N) is 3. The SMILES string of the molecule is CCCOc1nc(NN)nc(NC2CCOC(C)C2)n1. The summed E-state index contributed by atoms with van der Waals surface area (Å²) in [4.78, 5) is 12.5. The van der Waals surface area contributed by atoms with Gasteiger partial charge in [-0.1, -0.05) is 6.92 Å². The Morgan fingerprint density at radius 1 is 1.35 bits per heavy atom. The Labute approximate surface area is 118 Å². The van der Waals surface area contributed by atoms with Gasteiger partial charge in [-0.2, -0.15) is 15.0 Å². The largest absolute Gasteiger partial charge is 0.463 e. The molecule has 2 atom stereocenters. The van der Waals surface area contributed by atoms with E-state index in [1.807, 2.05) is 6.92 Å². The fraction of sp³-hybridized carbons (Fsp3) is 0.750. The molecule has 20 heavy (non-hydrogen) atoms. The minimum absolute atomic E-state index is 0.242. The Kier molecular flexibility index (Phi) is 5.31. The van der Waals surface area contributed by atoms with Crippen molar-refractivity contribution in [3.63, 3.8) is 0 Å². The molecule has 1 aliphatic heterocycles. The fourth-order valence-corrected chi connectivity index (χ4v) is 2.06. The maximum Gasteiger partial charge on any atom is 0.323 e. The molecule has 0 bridgehead atoms. The van der Waals surface area contributed by atoms with Gasteiger partial charge in [-0.05, 0) is 26.2 Å². The Balaban J connectivity index is 2.05. The highest BCUT2D eigenvalue weighted by atomic mass is 16.5. The maximum absolute atomic E-state index is 5.52. The third-order valence-corrected chi connectivity index (χ3v) is 3.00. The van der Waals surface area contributed by atoms with Crippen LogP contribution in [-0.4, -0.2) is 40.3 Å². The number of nitrogens with one attached hydrogen (secondary N) is 2. The molecule has 1 saturated heterocycles. The Bertz CT molecular complexity index is 430. The molecule has 2 rings (SSSR count). The van der Waals surface area contributed by atoms with Gasteiger partial charge in [0.25, 0.3) is 0 Å². The fourth-order valence-electron chi connectivity index (χ4n) is 2.06. The number of hydrogen-bond acceptors (Lipinski definition) is 8. The molecule has 8 heteroatoms. The minimum Gasteiger partial charge on any atom is -0.463 e. The summed E-state index contributed by atoms with van der Waals surface area (Å²) < 4.78 is 10.9. The molecule has 112 valence electrons. The van der Waals surface area contributed by atoms with Gasteiger partial charge in [0.15, 0.2) is 0 Å². The van der Waals surface area contributed by atoms with E-state index in [9.17, 15) is 0 Å². The highest BCUT2D eigenvalue weighted by molar-refractivity contribution is 5.35. The number of aromatic nitrogens is 3. The Hall–Kier alpha value is -1.67. The van der Waals surface area contributed by atoms with E-state index in [0.29, 0.717) is 12.6 Å². The summed E-state index contributed by atoms with van der Waals surface area (Å²) in [6.45, 7) is 5.38. The second kappa shape index (κ2) is 7.20. The number of nitrogen functional groups attached to an aromatic ring is 1. The molecule has 0 aromatic carbocycles. The smallest absolute Gasteiger partial charge is 0.323 e. The lowest BCUT2D eigenvalue weighted by Gasteiger charge is -2.27. The zero-order valence-corrected chi connectivity index (χ0v) is 11.9. The van der Waals surface area contributed by atoms with Crippen molar-refractivity contribution in [1.29, 1.82) is 0 Å². The first-order valence-corrected chi connectivity index (χ1v) is 6.95. The summed E-state index contributed by atoms with van der Waals surface area (Å²) >= 11 is 0. The molecule has 1 aromatic heterocycles. The average molecular weight is 282 g/mol. The van der Waals surface area contributed by atoms with Crippen molar-refractivity contribution < 1.29 is 9.47 Å². The van der Waals surface area contributed by atoms with Crippen LogP contribution < -0.4 is 21.3 Å². The molecule has 0 aliphatic carbocycles. The van der Waals surface area contributed by atoms with E-state index in [1.165, 1.54) is 0 Å². The molecule has 0 saturated carbocycles. The van der Waals surface area contributed by atoms with E-state index in [-0.39, 0.29) is 24.1 Å². The molecule has 8 nitrogen and oxygen atoms in total. The van der Waals surface area contributed by atoms with E-state index in [0.717, 1.165) is 25.9 Å². The van der Waals surface area contributed by atoms with Gasteiger partial charge in [-0.15, -0.1) is 0 Å². The molecule has 1 aromatic rings. The molecular formula is C12H22N6O2. The molecule has 0 amide bonds. The van der Waals surface area contributed by atoms with Crippen LogP contribution >= 0.6 is 0 Å². The number of ether oxygens (including phenoxy) is 2. The number of hydrogen-bond donors (Lipinski definition) is 3. The third kappa shape index (κ3) is 4.17. The minimum atomic E-state index is 0.242. The van der Waals surface area contributed by atoms with Crippen LogP contribution in [0.5, 0.6) is 6.01 Å². The number of anilines is 2. The molecular weight excluding hydrogens is 260 g/mol. The van der Waals surface area contributed by atoms with E-state index < -0.39 is 0 Å². The van der Waals surface area contributed by atoms with Crippen LogP contribution in [0.1, 0.15) is 33.1 Å². The topological polar surface area (TPSA) is 107 Å². The second-order valence-electron chi connectivity index (χ2n) is 4.81. The van der Waals surface area contributed by atoms with Crippen LogP contribution in [0, 0.1) is 0 Å². The van der Waals surface area contributed by atoms with Crippen LogP contribution in [-0.2, 0) is 4.74 Å². The Morgan fingerprint density at radius 3 is 2.85 bits per heavy atom. The summed E-state index contributed by atoms with van der Waals surface area (Å²) in [6.07, 6.45) is 2.97. The molecule has 1 aliphatic rings. The number of hydrazine groups is 1. The van der Waals surface area contributed by atoms with Crippen molar-refractivity contribution in [2.24, 2.45) is 5.84 Å². The highest BCUT2D eigenvalue weighted by Gasteiger charge is 2.20. The van der Waals surface area contributed by atoms with Crippen LogP contribution in [0.2, 0.25) is 0 Å². The zero-order chi connectivity index (χ0) is 14.4. The summed E-state index contributed by atoms with van der Waals surface area (Å²) in [5.41, 5.74) is 2.42. The van der Waals surface area contributed by atoms with E-state index in [4.69, 9.17) is 15.3 Å². The standard InChI is InChI=1S/C12H22N6O2/c1-3-5-20-12-16-10(15-11(17-12)18-13)14-9-4-6-19-8(2)7-9/h8-9H,3-7,13H2,1-2H3,(H2,14,15,16,17,18). The molecule has 1 fully saturated rings. The summed E-state index contributed by atoms with van der Waals surface area (Å²) in [6, 6.07) is 0.559. The predicted molar refractivity (Wildman–Crippen MR) is 75.5 cm³/mol. The average Bonchev–Trinajstić information content (AvgIpc) is 2.45. The van der Waals surface area contributed by atoms with Gasteiger partial charge >= 0.3 is 6.01 Å². The second-order valence-corrected chi connectivity index (χ2v) is 4.81. The maximum atomic E-state index is 5.52. The van der Waals surface area contributed by atoms with Gasteiger partial charge in [-0.25, -0.2) is 5.84 Å². The van der Waals surface area contributed by atoms with Crippen molar-refractivity contribution >= 4 is 11.9 Å². The third-order valence-electron chi connectivity index (χ3n) is 3.00. The van der Waals surface area contributed by atoms with Crippen LogP contribution in [0.4, 0.5) is 11.9 Å². The van der Waals surface area contributed by atoms with Gasteiger partial charge in [0.2, 0.25) is 11.9 Å². The van der Waals surface area contributed by atoms with Gasteiger partial charge in [0.05, 0.1) is 12.7 Å². The zero-order valence-electron chi connectivity index (χ0n) is 11.9. The van der Waals surface area contributed by atoms with Crippen molar-refractivity contribution in [3.8, 4) is 6.01 Å². The van der Waals surface area contributed by atoms with Gasteiger partial charge in [0, 0.05) is 12.6 Å². The van der Waals surface area contributed by atoms with Gasteiger partial charge in [0.1, 0.15) is 0 Å². The first-order chi connectivity index (χ1) is 9.71. The van der Waals surface area contributed by atoms with E-state index in [1.54, 1.807) is 0 Å². The Morgan fingerprint density at radius 2 is 2.15 bits per heavy atom. The number of rotatable bonds is 6. The molecule has 4 N–H and O–H groups in total. The normalized spacial score (nSPS) is 22.4. The van der Waals surface area contributed by atoms with Crippen LogP contribution in [0.25, 0.3) is 0 Å². The lowest BCUT2D eigenvalue weighted by Crippen LogP contribution is -2.33. The lowest BCUT2D eigenvalue weighted by atomic mass is 10.0. The highest BCUT2D eigenvalue weighted by Crippen LogP contribution is 2.18. The van der Waals surface area contributed by atoms with E-state index >= 15 is 0 Å². The first-order valence-electron chi connectivity index (χ1n) is 6.95. The van der Waals surface area contributed by atoms with E-state index in [2.05, 4.69) is 32.6 Å². The van der Waals surface area contributed by atoms with Gasteiger partial charge < -0.3 is 14.8 Å². The van der Waals surface area contributed by atoms with Crippen molar-refractivity contribution in [2.45, 2.75) is 45.3 Å². The number of nitrogens with two attached hydrogens (primary N) is 1. The lowest BCUT2D eigenvalue weighted by molar-refractivity contribution is 0.0231. The monoisotopic (exact) mass is 282 g/mol. The van der Waals surface area contributed by atoms with Crippen molar-refractivity contribution in [3.05, 3.63) is 0 Å².